The molecular formula is C27H22ClFN4O3. The molecule has 0 spiro atoms. The van der Waals surface area contributed by atoms with E-state index >= 15 is 0 Å². The predicted molar refractivity (Wildman–Crippen MR) is 136 cm³/mol. The first kappa shape index (κ1) is 23.6. The number of fused-ring (bicyclic) bond motifs is 1. The molecule has 0 atom stereocenters. The highest BCUT2D eigenvalue weighted by molar-refractivity contribution is 6.31. The largest absolute Gasteiger partial charge is 0.497 e. The van der Waals surface area contributed by atoms with Crippen molar-refractivity contribution in [3.8, 4) is 28.4 Å². The second kappa shape index (κ2) is 9.47. The van der Waals surface area contributed by atoms with E-state index in [-0.39, 0.29) is 22.8 Å². The molecule has 36 heavy (non-hydrogen) atoms. The van der Waals surface area contributed by atoms with Crippen LogP contribution in [0.15, 0.2) is 71.7 Å². The van der Waals surface area contributed by atoms with E-state index in [4.69, 9.17) is 21.1 Å². The number of aryl methyl sites for hydroxylation is 2. The number of aromatic nitrogens is 4. The lowest BCUT2D eigenvalue weighted by Crippen LogP contribution is -2.19. The van der Waals surface area contributed by atoms with Crippen LogP contribution in [0, 0.1) is 19.7 Å². The number of halogens is 2. The molecule has 0 N–H and O–H groups in total. The fraction of sp³-hybridized carbons (Fsp3) is 0.148. The number of pyridine rings is 1. The second-order valence-corrected chi connectivity index (χ2v) is 8.62. The molecule has 3 heterocycles. The number of benzene rings is 2. The van der Waals surface area contributed by atoms with Crippen molar-refractivity contribution in [3.05, 3.63) is 105 Å². The predicted octanol–water partition coefficient (Wildman–Crippen LogP) is 5.54. The smallest absolute Gasteiger partial charge is 0.267 e. The summed E-state index contributed by atoms with van der Waals surface area (Å²) in [5.41, 5.74) is 3.37. The van der Waals surface area contributed by atoms with Crippen molar-refractivity contribution >= 4 is 17.2 Å². The van der Waals surface area contributed by atoms with E-state index in [1.54, 1.807) is 43.1 Å². The SMILES string of the molecule is COc1ccc(-n2nc(-c3c(C)nc4c(OCc5c(F)cccc5Cl)cccn4c3=O)cc2C)cc1. The minimum absolute atomic E-state index is 0.104. The average molecular weight is 505 g/mol. The van der Waals surface area contributed by atoms with Crippen LogP contribution >= 0.6 is 11.6 Å². The molecule has 2 aromatic carbocycles. The Morgan fingerprint density at radius 2 is 1.83 bits per heavy atom. The van der Waals surface area contributed by atoms with Gasteiger partial charge in [0.2, 0.25) is 0 Å². The van der Waals surface area contributed by atoms with E-state index in [9.17, 15) is 9.18 Å². The summed E-state index contributed by atoms with van der Waals surface area (Å²) in [6.07, 6.45) is 1.61. The molecule has 9 heteroatoms. The molecule has 0 saturated heterocycles. The lowest BCUT2D eigenvalue weighted by Gasteiger charge is -2.12. The van der Waals surface area contributed by atoms with Crippen LogP contribution in [0.4, 0.5) is 4.39 Å². The highest BCUT2D eigenvalue weighted by atomic mass is 35.5. The van der Waals surface area contributed by atoms with Gasteiger partial charge in [0.15, 0.2) is 11.4 Å². The summed E-state index contributed by atoms with van der Waals surface area (Å²) < 4.78 is 28.4. The summed E-state index contributed by atoms with van der Waals surface area (Å²) in [6.45, 7) is 3.57. The van der Waals surface area contributed by atoms with Crippen molar-refractivity contribution in [1.82, 2.24) is 19.2 Å². The molecule has 0 aliphatic carbocycles. The highest BCUT2D eigenvalue weighted by Gasteiger charge is 2.19. The quantitative estimate of drug-likeness (QED) is 0.303. The van der Waals surface area contributed by atoms with Crippen molar-refractivity contribution in [2.75, 3.05) is 7.11 Å². The van der Waals surface area contributed by atoms with E-state index in [2.05, 4.69) is 10.1 Å². The van der Waals surface area contributed by atoms with Gasteiger partial charge in [0, 0.05) is 17.5 Å². The molecule has 0 bridgehead atoms. The van der Waals surface area contributed by atoms with Crippen LogP contribution in [0.3, 0.4) is 0 Å². The van der Waals surface area contributed by atoms with Gasteiger partial charge in [0.05, 0.1) is 29.1 Å². The molecule has 0 amide bonds. The van der Waals surface area contributed by atoms with Crippen molar-refractivity contribution in [2.24, 2.45) is 0 Å². The van der Waals surface area contributed by atoms with E-state index in [1.165, 1.54) is 16.5 Å². The highest BCUT2D eigenvalue weighted by Crippen LogP contribution is 2.26. The van der Waals surface area contributed by atoms with Crippen LogP contribution in [0.2, 0.25) is 5.02 Å². The van der Waals surface area contributed by atoms with Gasteiger partial charge < -0.3 is 9.47 Å². The Hall–Kier alpha value is -4.17. The van der Waals surface area contributed by atoms with Gasteiger partial charge >= 0.3 is 0 Å². The first-order chi connectivity index (χ1) is 17.4. The topological polar surface area (TPSA) is 70.7 Å². The van der Waals surface area contributed by atoms with Gasteiger partial charge in [-0.15, -0.1) is 0 Å². The molecule has 5 rings (SSSR count). The van der Waals surface area contributed by atoms with Crippen molar-refractivity contribution in [2.45, 2.75) is 20.5 Å². The van der Waals surface area contributed by atoms with E-state index < -0.39 is 5.82 Å². The third-order valence-corrected chi connectivity index (χ3v) is 6.25. The number of rotatable bonds is 6. The van der Waals surface area contributed by atoms with Gasteiger partial charge in [0.25, 0.3) is 5.56 Å². The molecule has 3 aromatic heterocycles. The molecule has 5 aromatic rings. The van der Waals surface area contributed by atoms with Gasteiger partial charge in [-0.25, -0.2) is 14.1 Å². The first-order valence-corrected chi connectivity index (χ1v) is 11.5. The van der Waals surface area contributed by atoms with Crippen molar-refractivity contribution in [1.29, 1.82) is 0 Å². The van der Waals surface area contributed by atoms with Gasteiger partial charge in [-0.3, -0.25) is 9.20 Å². The maximum Gasteiger partial charge on any atom is 0.267 e. The zero-order valence-corrected chi connectivity index (χ0v) is 20.6. The molecule has 0 aliphatic heterocycles. The molecule has 0 saturated carbocycles. The molecule has 0 radical (unpaired) electrons. The van der Waals surface area contributed by atoms with E-state index in [0.29, 0.717) is 28.3 Å². The Labute approximate surface area is 211 Å². The van der Waals surface area contributed by atoms with E-state index in [1.807, 2.05) is 37.3 Å². The molecule has 0 fully saturated rings. The number of nitrogens with zero attached hydrogens (tertiary/aromatic N) is 4. The Balaban J connectivity index is 1.54. The third kappa shape index (κ3) is 4.20. The van der Waals surface area contributed by atoms with Crippen LogP contribution in [-0.2, 0) is 6.61 Å². The first-order valence-electron chi connectivity index (χ1n) is 11.2. The summed E-state index contributed by atoms with van der Waals surface area (Å²) in [6, 6.07) is 17.1. The fourth-order valence-electron chi connectivity index (χ4n) is 4.05. The zero-order chi connectivity index (χ0) is 25.4. The van der Waals surface area contributed by atoms with Gasteiger partial charge in [0.1, 0.15) is 23.9 Å². The Morgan fingerprint density at radius 3 is 2.56 bits per heavy atom. The summed E-state index contributed by atoms with van der Waals surface area (Å²) >= 11 is 6.12. The molecule has 0 unspecified atom stereocenters. The van der Waals surface area contributed by atoms with Crippen LogP contribution in [0.1, 0.15) is 17.0 Å². The summed E-state index contributed by atoms with van der Waals surface area (Å²) in [7, 11) is 1.61. The average Bonchev–Trinajstić information content (AvgIpc) is 3.25. The Morgan fingerprint density at radius 1 is 1.06 bits per heavy atom. The number of hydrogen-bond acceptors (Lipinski definition) is 5. The standard InChI is InChI=1S/C27H22ClFN4O3/c1-16-14-23(31-33(16)18-9-11-19(35-3)12-10-18)25-17(2)30-26-24(8-5-13-32(26)27(25)34)36-15-20-21(28)6-4-7-22(20)29/h4-14H,15H2,1-3H3. The second-order valence-electron chi connectivity index (χ2n) is 8.21. The number of methoxy groups -OCH3 is 1. The molecule has 7 nitrogen and oxygen atoms in total. The van der Waals surface area contributed by atoms with Crippen molar-refractivity contribution < 1.29 is 13.9 Å². The number of hydrogen-bond donors (Lipinski definition) is 0. The fourth-order valence-corrected chi connectivity index (χ4v) is 4.27. The Bertz CT molecular complexity index is 1620. The van der Waals surface area contributed by atoms with Gasteiger partial charge in [-0.05, 0) is 68.4 Å². The minimum atomic E-state index is -0.464. The summed E-state index contributed by atoms with van der Waals surface area (Å²) in [4.78, 5) is 18.2. The summed E-state index contributed by atoms with van der Waals surface area (Å²) in [5.74, 6) is 0.615. The van der Waals surface area contributed by atoms with Gasteiger partial charge in [-0.2, -0.15) is 5.10 Å². The van der Waals surface area contributed by atoms with Crippen LogP contribution in [-0.4, -0.2) is 26.3 Å². The maximum absolute atomic E-state index is 14.2. The summed E-state index contributed by atoms with van der Waals surface area (Å²) in [5, 5.41) is 4.95. The normalized spacial score (nSPS) is 11.1. The van der Waals surface area contributed by atoms with E-state index in [0.717, 1.165) is 17.1 Å². The van der Waals surface area contributed by atoms with Crippen molar-refractivity contribution in [3.63, 3.8) is 0 Å². The third-order valence-electron chi connectivity index (χ3n) is 5.89. The lowest BCUT2D eigenvalue weighted by molar-refractivity contribution is 0.301. The maximum atomic E-state index is 14.2. The minimum Gasteiger partial charge on any atom is -0.497 e. The molecule has 0 aliphatic rings. The number of ether oxygens (including phenoxy) is 2. The lowest BCUT2D eigenvalue weighted by atomic mass is 10.1. The van der Waals surface area contributed by atoms with Crippen LogP contribution in [0.5, 0.6) is 11.5 Å². The van der Waals surface area contributed by atoms with Gasteiger partial charge in [-0.1, -0.05) is 17.7 Å². The van der Waals surface area contributed by atoms with Crippen LogP contribution in [0.25, 0.3) is 22.6 Å². The molecular weight excluding hydrogens is 483 g/mol. The Kier molecular flexibility index (Phi) is 6.20. The van der Waals surface area contributed by atoms with Crippen LogP contribution < -0.4 is 15.0 Å². The molecule has 182 valence electrons. The monoisotopic (exact) mass is 504 g/mol. The zero-order valence-electron chi connectivity index (χ0n) is 19.8.